The van der Waals surface area contributed by atoms with Crippen molar-refractivity contribution < 1.29 is 29.2 Å². The predicted molar refractivity (Wildman–Crippen MR) is 106 cm³/mol. The van der Waals surface area contributed by atoms with Crippen molar-refractivity contribution in [2.24, 2.45) is 0 Å². The quantitative estimate of drug-likeness (QED) is 0.586. The lowest BCUT2D eigenvalue weighted by molar-refractivity contribution is -0.220. The van der Waals surface area contributed by atoms with Crippen molar-refractivity contribution in [3.8, 4) is 5.75 Å². The largest absolute Gasteiger partial charge is 0.412 e. The first-order chi connectivity index (χ1) is 13.3. The van der Waals surface area contributed by atoms with Gasteiger partial charge in [0.15, 0.2) is 6.29 Å². The van der Waals surface area contributed by atoms with E-state index in [0.717, 1.165) is 11.1 Å². The molecule has 0 saturated carbocycles. The summed E-state index contributed by atoms with van der Waals surface area (Å²) < 4.78 is 16.7. The molecule has 1 aromatic carbocycles. The van der Waals surface area contributed by atoms with E-state index in [0.29, 0.717) is 18.6 Å². The molecule has 1 fully saturated rings. The molecule has 3 N–H and O–H groups in total. The van der Waals surface area contributed by atoms with Crippen LogP contribution in [0.15, 0.2) is 18.2 Å². The molecule has 28 heavy (non-hydrogen) atoms. The van der Waals surface area contributed by atoms with E-state index in [1.807, 2.05) is 18.2 Å². The number of para-hydroxylation sites is 1. The van der Waals surface area contributed by atoms with Crippen LogP contribution < -0.4 is 10.1 Å². The normalized spacial score (nSPS) is 22.5. The highest BCUT2D eigenvalue weighted by Gasteiger charge is 2.28. The van der Waals surface area contributed by atoms with Gasteiger partial charge in [0.2, 0.25) is 0 Å². The minimum absolute atomic E-state index is 0.158. The zero-order valence-electron chi connectivity index (χ0n) is 17.2. The fourth-order valence-corrected chi connectivity index (χ4v) is 3.25. The van der Waals surface area contributed by atoms with Gasteiger partial charge in [-0.1, -0.05) is 45.9 Å². The second-order valence-corrected chi connectivity index (χ2v) is 7.76. The summed E-state index contributed by atoms with van der Waals surface area (Å²) in [6.45, 7) is 8.57. The van der Waals surface area contributed by atoms with E-state index in [-0.39, 0.29) is 31.6 Å². The van der Waals surface area contributed by atoms with Crippen LogP contribution in [0.25, 0.3) is 0 Å². The average Bonchev–Trinajstić information content (AvgIpc) is 2.64. The lowest BCUT2D eigenvalue weighted by atomic mass is 9.94. The lowest BCUT2D eigenvalue weighted by Crippen LogP contribution is -2.40. The highest BCUT2D eigenvalue weighted by molar-refractivity contribution is 5.71. The molecule has 0 aromatic heterocycles. The molecule has 0 radical (unpaired) electrons. The summed E-state index contributed by atoms with van der Waals surface area (Å²) in [7, 11) is 0. The number of hydrogen-bond acceptors (Lipinski definition) is 6. The Morgan fingerprint density at radius 1 is 1.21 bits per heavy atom. The molecule has 0 spiro atoms. The smallest absolute Gasteiger partial charge is 0.410 e. The summed E-state index contributed by atoms with van der Waals surface area (Å²) in [6.07, 6.45) is -1.36. The van der Waals surface area contributed by atoms with Crippen LogP contribution in [0.1, 0.15) is 63.5 Å². The van der Waals surface area contributed by atoms with Crippen molar-refractivity contribution in [1.82, 2.24) is 5.32 Å². The molecule has 2 rings (SSSR count). The molecule has 1 saturated heterocycles. The number of hydrogen-bond donors (Lipinski definition) is 3. The highest BCUT2D eigenvalue weighted by Crippen LogP contribution is 2.34. The zero-order chi connectivity index (χ0) is 20.7. The monoisotopic (exact) mass is 395 g/mol. The van der Waals surface area contributed by atoms with Crippen molar-refractivity contribution in [3.05, 3.63) is 29.3 Å². The summed E-state index contributed by atoms with van der Waals surface area (Å²) in [4.78, 5) is 12.3. The maximum Gasteiger partial charge on any atom is 0.412 e. The highest BCUT2D eigenvalue weighted by atomic mass is 16.7. The number of aliphatic hydroxyl groups is 2. The maximum absolute atomic E-state index is 12.3. The number of benzene rings is 1. The molecular weight excluding hydrogens is 362 g/mol. The molecule has 0 bridgehead atoms. The van der Waals surface area contributed by atoms with E-state index >= 15 is 0 Å². The van der Waals surface area contributed by atoms with Gasteiger partial charge in [-0.3, -0.25) is 0 Å². The van der Waals surface area contributed by atoms with Gasteiger partial charge in [0.25, 0.3) is 0 Å². The Morgan fingerprint density at radius 2 is 1.86 bits per heavy atom. The molecule has 1 amide bonds. The summed E-state index contributed by atoms with van der Waals surface area (Å²) in [6, 6.07) is 5.94. The van der Waals surface area contributed by atoms with Crippen LogP contribution in [0.2, 0.25) is 0 Å². The molecule has 1 aliphatic heterocycles. The van der Waals surface area contributed by atoms with Crippen LogP contribution in [0.3, 0.4) is 0 Å². The van der Waals surface area contributed by atoms with Crippen molar-refractivity contribution in [3.63, 3.8) is 0 Å². The second kappa shape index (κ2) is 10.8. The predicted octanol–water partition coefficient (Wildman–Crippen LogP) is 2.90. The Balaban J connectivity index is 1.85. The first kappa shape index (κ1) is 22.6. The summed E-state index contributed by atoms with van der Waals surface area (Å²) in [5.41, 5.74) is 1.99. The van der Waals surface area contributed by atoms with E-state index in [1.54, 1.807) is 0 Å². The summed E-state index contributed by atoms with van der Waals surface area (Å²) >= 11 is 0. The number of carbonyl (C=O) groups is 1. The van der Waals surface area contributed by atoms with Crippen LogP contribution in [0.5, 0.6) is 5.75 Å². The van der Waals surface area contributed by atoms with Gasteiger partial charge < -0.3 is 29.7 Å². The molecular formula is C21H33NO6. The van der Waals surface area contributed by atoms with E-state index < -0.39 is 24.6 Å². The molecule has 7 heteroatoms. The van der Waals surface area contributed by atoms with Crippen molar-refractivity contribution >= 4 is 6.09 Å². The first-order valence-electron chi connectivity index (χ1n) is 9.96. The molecule has 1 aliphatic rings. The summed E-state index contributed by atoms with van der Waals surface area (Å²) in [5.74, 6) is 1.09. The Labute approximate surface area is 167 Å². The number of aliphatic hydroxyl groups excluding tert-OH is 2. The van der Waals surface area contributed by atoms with Gasteiger partial charge in [0, 0.05) is 19.4 Å². The first-order valence-corrected chi connectivity index (χ1v) is 9.96. The molecule has 2 unspecified atom stereocenters. The van der Waals surface area contributed by atoms with Gasteiger partial charge in [0.1, 0.15) is 5.75 Å². The van der Waals surface area contributed by atoms with E-state index in [9.17, 15) is 9.90 Å². The number of rotatable bonds is 8. The van der Waals surface area contributed by atoms with E-state index in [1.165, 1.54) is 0 Å². The van der Waals surface area contributed by atoms with Gasteiger partial charge in [-0.25, -0.2) is 4.79 Å². The molecule has 158 valence electrons. The maximum atomic E-state index is 12.3. The minimum atomic E-state index is -0.590. The Morgan fingerprint density at radius 3 is 2.43 bits per heavy atom. The zero-order valence-corrected chi connectivity index (χ0v) is 17.2. The number of ether oxygens (including phenoxy) is 3. The van der Waals surface area contributed by atoms with Crippen LogP contribution >= 0.6 is 0 Å². The van der Waals surface area contributed by atoms with Crippen LogP contribution in [-0.4, -0.2) is 54.6 Å². The molecule has 3 atom stereocenters. The fourth-order valence-electron chi connectivity index (χ4n) is 3.25. The van der Waals surface area contributed by atoms with Crippen molar-refractivity contribution in [1.29, 1.82) is 0 Å². The number of amides is 1. The Hall–Kier alpha value is -1.67. The lowest BCUT2D eigenvalue weighted by Gasteiger charge is -2.32. The third-order valence-electron chi connectivity index (χ3n) is 4.74. The third kappa shape index (κ3) is 6.44. The molecule has 1 aromatic rings. The van der Waals surface area contributed by atoms with Gasteiger partial charge in [0.05, 0.1) is 25.4 Å². The Kier molecular flexibility index (Phi) is 8.69. The summed E-state index contributed by atoms with van der Waals surface area (Å²) in [5, 5.41) is 21.6. The van der Waals surface area contributed by atoms with Gasteiger partial charge in [-0.15, -0.1) is 0 Å². The average molecular weight is 395 g/mol. The number of carbonyl (C=O) groups excluding carboxylic acids is 1. The Bertz CT molecular complexity index is 607. The van der Waals surface area contributed by atoms with Crippen LogP contribution in [0, 0.1) is 0 Å². The minimum Gasteiger partial charge on any atom is -0.410 e. The van der Waals surface area contributed by atoms with E-state index in [4.69, 9.17) is 19.3 Å². The molecule has 1 heterocycles. The van der Waals surface area contributed by atoms with Crippen LogP contribution in [-0.2, 0) is 9.47 Å². The topological polar surface area (TPSA) is 97.3 Å². The standard InChI is InChI=1S/C21H33NO6/c1-13(2)17-6-5-7-18(14(3)4)20(17)28-21(25)22-8-9-26-19-11-15(24)10-16(12-23)27-19/h5-7,13-16,19,23-24H,8-12H2,1-4H3,(H,22,25)/t15?,16?,19-/m1/s1. The van der Waals surface area contributed by atoms with Gasteiger partial charge >= 0.3 is 6.09 Å². The molecule has 0 aliphatic carbocycles. The van der Waals surface area contributed by atoms with E-state index in [2.05, 4.69) is 33.0 Å². The third-order valence-corrected chi connectivity index (χ3v) is 4.74. The van der Waals surface area contributed by atoms with Crippen molar-refractivity contribution in [2.45, 2.75) is 70.9 Å². The SMILES string of the molecule is CC(C)c1cccc(C(C)C)c1OC(=O)NCCO[C@H]1CC(O)CC(CO)O1. The van der Waals surface area contributed by atoms with Crippen LogP contribution in [0.4, 0.5) is 4.79 Å². The van der Waals surface area contributed by atoms with Gasteiger partial charge in [-0.05, 0) is 23.0 Å². The van der Waals surface area contributed by atoms with Gasteiger partial charge in [-0.2, -0.15) is 0 Å². The number of nitrogens with one attached hydrogen (secondary N) is 1. The van der Waals surface area contributed by atoms with Crippen molar-refractivity contribution in [2.75, 3.05) is 19.8 Å². The second-order valence-electron chi connectivity index (χ2n) is 7.76. The fraction of sp³-hybridized carbons (Fsp3) is 0.667. The molecule has 7 nitrogen and oxygen atoms in total.